The van der Waals surface area contributed by atoms with E-state index in [1.54, 1.807) is 0 Å². The van der Waals surface area contributed by atoms with Gasteiger partial charge >= 0.3 is 0 Å². The van der Waals surface area contributed by atoms with E-state index in [0.717, 1.165) is 25.6 Å². The molecule has 1 unspecified atom stereocenters. The zero-order chi connectivity index (χ0) is 13.1. The Hall–Kier alpha value is -0.640. The molecule has 0 saturated carbocycles. The van der Waals surface area contributed by atoms with Gasteiger partial charge in [0.15, 0.2) is 0 Å². The Labute approximate surface area is 124 Å². The molecular formula is C15H14Br2O. The lowest BCUT2D eigenvalue weighted by Gasteiger charge is -2.14. The Morgan fingerprint density at radius 3 is 2.61 bits per heavy atom. The monoisotopic (exact) mass is 368 g/mol. The first-order chi connectivity index (χ1) is 8.56. The fourth-order valence-corrected chi connectivity index (χ4v) is 2.87. The van der Waals surface area contributed by atoms with Crippen LogP contribution in [0.15, 0.2) is 51.4 Å². The summed E-state index contributed by atoms with van der Waals surface area (Å²) in [5.74, 6) is 0. The highest BCUT2D eigenvalue weighted by atomic mass is 79.9. The van der Waals surface area contributed by atoms with Gasteiger partial charge in [-0.2, -0.15) is 0 Å². The third kappa shape index (κ3) is 3.44. The fourth-order valence-electron chi connectivity index (χ4n) is 1.92. The minimum absolute atomic E-state index is 0.492. The summed E-state index contributed by atoms with van der Waals surface area (Å²) >= 11 is 6.93. The van der Waals surface area contributed by atoms with Gasteiger partial charge in [0.05, 0.1) is 6.10 Å². The highest BCUT2D eigenvalue weighted by Crippen LogP contribution is 2.27. The Morgan fingerprint density at radius 2 is 1.89 bits per heavy atom. The van der Waals surface area contributed by atoms with Crippen molar-refractivity contribution in [3.8, 4) is 0 Å². The minimum Gasteiger partial charge on any atom is -0.388 e. The first kappa shape index (κ1) is 13.8. The van der Waals surface area contributed by atoms with Gasteiger partial charge < -0.3 is 5.11 Å². The van der Waals surface area contributed by atoms with E-state index in [0.29, 0.717) is 6.42 Å². The predicted octanol–water partition coefficient (Wildman–Crippen LogP) is 4.80. The molecule has 0 aliphatic carbocycles. The van der Waals surface area contributed by atoms with Gasteiger partial charge in [0.1, 0.15) is 0 Å². The van der Waals surface area contributed by atoms with Crippen molar-refractivity contribution in [2.45, 2.75) is 19.4 Å². The van der Waals surface area contributed by atoms with Crippen LogP contribution in [0.25, 0.3) is 0 Å². The average molecular weight is 370 g/mol. The van der Waals surface area contributed by atoms with Crippen LogP contribution in [-0.4, -0.2) is 5.11 Å². The Kier molecular flexibility index (Phi) is 4.60. The minimum atomic E-state index is -0.492. The number of benzene rings is 2. The molecule has 1 N–H and O–H groups in total. The normalized spacial score (nSPS) is 12.4. The van der Waals surface area contributed by atoms with Gasteiger partial charge in [-0.3, -0.25) is 0 Å². The second kappa shape index (κ2) is 6.00. The molecule has 0 spiro atoms. The first-order valence-electron chi connectivity index (χ1n) is 5.75. The van der Waals surface area contributed by atoms with E-state index >= 15 is 0 Å². The third-order valence-corrected chi connectivity index (χ3v) is 4.04. The van der Waals surface area contributed by atoms with Gasteiger partial charge in [0, 0.05) is 15.4 Å². The molecule has 0 heterocycles. The molecule has 2 aromatic rings. The third-order valence-electron chi connectivity index (χ3n) is 2.83. The molecule has 2 aromatic carbocycles. The van der Waals surface area contributed by atoms with E-state index in [1.807, 2.05) is 49.4 Å². The highest BCUT2D eigenvalue weighted by Gasteiger charge is 2.12. The molecule has 3 heteroatoms. The molecule has 94 valence electrons. The fraction of sp³-hybridized carbons (Fsp3) is 0.200. The molecule has 1 nitrogen and oxygen atoms in total. The molecule has 0 amide bonds. The van der Waals surface area contributed by atoms with Crippen LogP contribution in [0.3, 0.4) is 0 Å². The molecule has 0 bridgehead atoms. The summed E-state index contributed by atoms with van der Waals surface area (Å²) in [5, 5.41) is 10.3. The van der Waals surface area contributed by atoms with E-state index in [2.05, 4.69) is 31.9 Å². The standard InChI is InChI=1S/C15H14Br2O/c1-10-5-6-14(17)13(7-10)15(18)9-11-3-2-4-12(16)8-11/h2-8,15,18H,9H2,1H3. The number of halogens is 2. The van der Waals surface area contributed by atoms with Crippen LogP contribution < -0.4 is 0 Å². The molecule has 2 rings (SSSR count). The molecule has 1 atom stereocenters. The lowest BCUT2D eigenvalue weighted by Crippen LogP contribution is -2.03. The molecule has 0 fully saturated rings. The van der Waals surface area contributed by atoms with Crippen molar-refractivity contribution in [1.29, 1.82) is 0 Å². The second-order valence-corrected chi connectivity index (χ2v) is 6.14. The largest absolute Gasteiger partial charge is 0.388 e. The summed E-state index contributed by atoms with van der Waals surface area (Å²) in [7, 11) is 0. The van der Waals surface area contributed by atoms with E-state index < -0.39 is 6.10 Å². The molecule has 0 aliphatic heterocycles. The van der Waals surface area contributed by atoms with Crippen LogP contribution in [0, 0.1) is 6.92 Å². The number of aliphatic hydroxyl groups excluding tert-OH is 1. The van der Waals surface area contributed by atoms with Gasteiger partial charge in [-0.25, -0.2) is 0 Å². The van der Waals surface area contributed by atoms with E-state index in [9.17, 15) is 5.11 Å². The average Bonchev–Trinajstić information content (AvgIpc) is 2.32. The van der Waals surface area contributed by atoms with Crippen molar-refractivity contribution in [1.82, 2.24) is 0 Å². The lowest BCUT2D eigenvalue weighted by molar-refractivity contribution is 0.177. The number of aliphatic hydroxyl groups is 1. The molecule has 0 aliphatic rings. The Bertz CT molecular complexity index is 552. The van der Waals surface area contributed by atoms with Gasteiger partial charge in [-0.05, 0) is 36.2 Å². The van der Waals surface area contributed by atoms with Crippen LogP contribution in [0.5, 0.6) is 0 Å². The van der Waals surface area contributed by atoms with Crippen LogP contribution in [0.4, 0.5) is 0 Å². The maximum absolute atomic E-state index is 10.3. The first-order valence-corrected chi connectivity index (χ1v) is 7.33. The lowest BCUT2D eigenvalue weighted by atomic mass is 10.0. The van der Waals surface area contributed by atoms with Gasteiger partial charge in [-0.1, -0.05) is 61.7 Å². The maximum atomic E-state index is 10.3. The van der Waals surface area contributed by atoms with Gasteiger partial charge in [0.25, 0.3) is 0 Å². The number of hydrogen-bond acceptors (Lipinski definition) is 1. The van der Waals surface area contributed by atoms with Crippen molar-refractivity contribution in [3.63, 3.8) is 0 Å². The van der Waals surface area contributed by atoms with Crippen molar-refractivity contribution in [2.24, 2.45) is 0 Å². The zero-order valence-electron chi connectivity index (χ0n) is 10.0. The topological polar surface area (TPSA) is 20.2 Å². The molecular weight excluding hydrogens is 356 g/mol. The summed E-state index contributed by atoms with van der Waals surface area (Å²) in [6.45, 7) is 2.03. The summed E-state index contributed by atoms with van der Waals surface area (Å²) in [6, 6.07) is 14.1. The molecule has 0 saturated heterocycles. The summed E-state index contributed by atoms with van der Waals surface area (Å²) in [6.07, 6.45) is 0.121. The number of aryl methyl sites for hydroxylation is 1. The Balaban J connectivity index is 2.21. The molecule has 0 aromatic heterocycles. The van der Waals surface area contributed by atoms with E-state index in [4.69, 9.17) is 0 Å². The van der Waals surface area contributed by atoms with E-state index in [-0.39, 0.29) is 0 Å². The van der Waals surface area contributed by atoms with Gasteiger partial charge in [-0.15, -0.1) is 0 Å². The van der Waals surface area contributed by atoms with Crippen molar-refractivity contribution in [2.75, 3.05) is 0 Å². The predicted molar refractivity (Wildman–Crippen MR) is 81.7 cm³/mol. The molecule has 0 radical (unpaired) electrons. The Morgan fingerprint density at radius 1 is 1.11 bits per heavy atom. The van der Waals surface area contributed by atoms with Gasteiger partial charge in [0.2, 0.25) is 0 Å². The number of rotatable bonds is 3. The molecule has 18 heavy (non-hydrogen) atoms. The van der Waals surface area contributed by atoms with Crippen molar-refractivity contribution < 1.29 is 5.11 Å². The number of hydrogen-bond donors (Lipinski definition) is 1. The van der Waals surface area contributed by atoms with Crippen LogP contribution in [0.2, 0.25) is 0 Å². The van der Waals surface area contributed by atoms with Crippen LogP contribution in [-0.2, 0) is 6.42 Å². The van der Waals surface area contributed by atoms with Crippen LogP contribution >= 0.6 is 31.9 Å². The highest BCUT2D eigenvalue weighted by molar-refractivity contribution is 9.10. The smallest absolute Gasteiger partial charge is 0.0841 e. The summed E-state index contributed by atoms with van der Waals surface area (Å²) in [5.41, 5.74) is 3.21. The quantitative estimate of drug-likeness (QED) is 0.824. The second-order valence-electron chi connectivity index (χ2n) is 4.37. The maximum Gasteiger partial charge on any atom is 0.0841 e. The SMILES string of the molecule is Cc1ccc(Br)c(C(O)Cc2cccc(Br)c2)c1. The van der Waals surface area contributed by atoms with E-state index in [1.165, 1.54) is 0 Å². The van der Waals surface area contributed by atoms with Crippen LogP contribution in [0.1, 0.15) is 22.8 Å². The van der Waals surface area contributed by atoms with Crippen molar-refractivity contribution >= 4 is 31.9 Å². The summed E-state index contributed by atoms with van der Waals surface area (Å²) < 4.78 is 1.99. The van der Waals surface area contributed by atoms with Crippen molar-refractivity contribution in [3.05, 3.63) is 68.1 Å². The zero-order valence-corrected chi connectivity index (χ0v) is 13.2. The summed E-state index contributed by atoms with van der Waals surface area (Å²) in [4.78, 5) is 0.